The quantitative estimate of drug-likeness (QED) is 0.514. The molecule has 1 aliphatic carbocycles. The molecule has 2 nitrogen and oxygen atoms in total. The van der Waals surface area contributed by atoms with Crippen LogP contribution in [0.15, 0.2) is 12.7 Å². The van der Waals surface area contributed by atoms with Crippen LogP contribution in [0.3, 0.4) is 0 Å². The number of carbonyl (C=O) groups excluding carboxylic acids is 1. The average Bonchev–Trinajstić information content (AvgIpc) is 2.32. The first-order valence-electron chi connectivity index (χ1n) is 5.17. The second-order valence-corrected chi connectivity index (χ2v) is 3.93. The Morgan fingerprint density at radius 3 is 2.77 bits per heavy atom. The van der Waals surface area contributed by atoms with Gasteiger partial charge < -0.3 is 5.32 Å². The van der Waals surface area contributed by atoms with Gasteiger partial charge in [0.15, 0.2) is 0 Å². The lowest BCUT2D eigenvalue weighted by molar-refractivity contribution is -0.117. The molecule has 2 atom stereocenters. The maximum atomic E-state index is 11.1. The van der Waals surface area contributed by atoms with Gasteiger partial charge in [0.05, 0.1) is 0 Å². The van der Waals surface area contributed by atoms with Crippen LogP contribution in [0.2, 0.25) is 0 Å². The highest BCUT2D eigenvalue weighted by Gasteiger charge is 2.20. The molecule has 74 valence electrons. The summed E-state index contributed by atoms with van der Waals surface area (Å²) in [6.45, 7) is 5.68. The highest BCUT2D eigenvalue weighted by atomic mass is 16.1. The number of rotatable bonds is 2. The number of amides is 1. The molecule has 1 amide bonds. The first-order valence-corrected chi connectivity index (χ1v) is 5.17. The number of nitrogens with one attached hydrogen (secondary N) is 1. The summed E-state index contributed by atoms with van der Waals surface area (Å²) in [5.74, 6) is 0.588. The van der Waals surface area contributed by atoms with Crippen molar-refractivity contribution in [2.24, 2.45) is 5.92 Å². The molecule has 0 aliphatic heterocycles. The molecule has 0 aromatic carbocycles. The van der Waals surface area contributed by atoms with Gasteiger partial charge in [0, 0.05) is 6.04 Å². The van der Waals surface area contributed by atoms with Crippen LogP contribution >= 0.6 is 0 Å². The van der Waals surface area contributed by atoms with Crippen molar-refractivity contribution in [1.29, 1.82) is 0 Å². The first-order chi connectivity index (χ1) is 6.24. The van der Waals surface area contributed by atoms with Crippen molar-refractivity contribution in [3.8, 4) is 0 Å². The summed E-state index contributed by atoms with van der Waals surface area (Å²) in [6.07, 6.45) is 7.58. The Kier molecular flexibility index (Phi) is 4.00. The number of hydrogen-bond donors (Lipinski definition) is 1. The van der Waals surface area contributed by atoms with Crippen molar-refractivity contribution in [2.45, 2.75) is 45.1 Å². The van der Waals surface area contributed by atoms with Gasteiger partial charge in [0.1, 0.15) is 0 Å². The van der Waals surface area contributed by atoms with Crippen molar-refractivity contribution < 1.29 is 4.79 Å². The van der Waals surface area contributed by atoms with Crippen LogP contribution < -0.4 is 5.32 Å². The summed E-state index contributed by atoms with van der Waals surface area (Å²) >= 11 is 0. The largest absolute Gasteiger partial charge is 0.350 e. The second-order valence-electron chi connectivity index (χ2n) is 3.93. The second kappa shape index (κ2) is 5.05. The number of hydrogen-bond acceptors (Lipinski definition) is 1. The third-order valence-electron chi connectivity index (χ3n) is 2.87. The lowest BCUT2D eigenvalue weighted by atomic mass is 9.97. The van der Waals surface area contributed by atoms with Crippen LogP contribution in [0.4, 0.5) is 0 Å². The van der Waals surface area contributed by atoms with E-state index in [1.54, 1.807) is 0 Å². The van der Waals surface area contributed by atoms with Gasteiger partial charge in [0.2, 0.25) is 5.91 Å². The third-order valence-corrected chi connectivity index (χ3v) is 2.87. The Balaban J connectivity index is 2.44. The van der Waals surface area contributed by atoms with Crippen LogP contribution in [0.25, 0.3) is 0 Å². The van der Waals surface area contributed by atoms with Gasteiger partial charge >= 0.3 is 0 Å². The summed E-state index contributed by atoms with van der Waals surface area (Å²) in [5.41, 5.74) is 0. The molecule has 0 heterocycles. The Morgan fingerprint density at radius 2 is 2.08 bits per heavy atom. The first kappa shape index (κ1) is 10.3. The van der Waals surface area contributed by atoms with Gasteiger partial charge in [0.25, 0.3) is 0 Å². The van der Waals surface area contributed by atoms with Gasteiger partial charge in [-0.2, -0.15) is 0 Å². The van der Waals surface area contributed by atoms with E-state index in [2.05, 4.69) is 18.8 Å². The summed E-state index contributed by atoms with van der Waals surface area (Å²) in [4.78, 5) is 11.1. The summed E-state index contributed by atoms with van der Waals surface area (Å²) < 4.78 is 0. The molecule has 13 heavy (non-hydrogen) atoms. The molecule has 2 heteroatoms. The van der Waals surface area contributed by atoms with Gasteiger partial charge in [-0.25, -0.2) is 0 Å². The van der Waals surface area contributed by atoms with Crippen molar-refractivity contribution in [3.63, 3.8) is 0 Å². The van der Waals surface area contributed by atoms with E-state index in [0.29, 0.717) is 12.0 Å². The molecule has 0 radical (unpaired) electrons. The monoisotopic (exact) mass is 181 g/mol. The lowest BCUT2D eigenvalue weighted by Gasteiger charge is -2.21. The van der Waals surface area contributed by atoms with E-state index >= 15 is 0 Å². The Labute approximate surface area is 80.4 Å². The SMILES string of the molecule is C=CC(=O)NC1CCCCCC1C. The van der Waals surface area contributed by atoms with Crippen molar-refractivity contribution in [3.05, 3.63) is 12.7 Å². The zero-order valence-electron chi connectivity index (χ0n) is 8.38. The Morgan fingerprint density at radius 1 is 1.38 bits per heavy atom. The zero-order valence-corrected chi connectivity index (χ0v) is 8.38. The fraction of sp³-hybridized carbons (Fsp3) is 0.727. The normalized spacial score (nSPS) is 29.0. The van der Waals surface area contributed by atoms with Crippen LogP contribution in [0, 0.1) is 5.92 Å². The molecule has 0 bridgehead atoms. The molecule has 0 spiro atoms. The smallest absolute Gasteiger partial charge is 0.243 e. The predicted octanol–water partition coefficient (Wildman–Crippen LogP) is 2.26. The molecule has 1 fully saturated rings. The average molecular weight is 181 g/mol. The van der Waals surface area contributed by atoms with Gasteiger partial charge in [-0.1, -0.05) is 32.8 Å². The number of carbonyl (C=O) groups is 1. The van der Waals surface area contributed by atoms with E-state index in [1.165, 1.54) is 31.8 Å². The molecule has 1 aliphatic rings. The maximum absolute atomic E-state index is 11.1. The van der Waals surface area contributed by atoms with E-state index in [-0.39, 0.29) is 5.91 Å². The summed E-state index contributed by atoms with van der Waals surface area (Å²) in [5, 5.41) is 3.00. The summed E-state index contributed by atoms with van der Waals surface area (Å²) in [7, 11) is 0. The van der Waals surface area contributed by atoms with Crippen LogP contribution in [0.5, 0.6) is 0 Å². The molecule has 2 unspecified atom stereocenters. The molecule has 1 saturated carbocycles. The van der Waals surface area contributed by atoms with Crippen molar-refractivity contribution in [2.75, 3.05) is 0 Å². The van der Waals surface area contributed by atoms with Crippen molar-refractivity contribution >= 4 is 5.91 Å². The van der Waals surface area contributed by atoms with E-state index in [1.807, 2.05) is 0 Å². The minimum absolute atomic E-state index is 0.0289. The minimum atomic E-state index is -0.0289. The van der Waals surface area contributed by atoms with E-state index in [9.17, 15) is 4.79 Å². The van der Waals surface area contributed by atoms with Crippen LogP contribution in [-0.2, 0) is 4.79 Å². The Bertz CT molecular complexity index is 189. The fourth-order valence-electron chi connectivity index (χ4n) is 1.95. The minimum Gasteiger partial charge on any atom is -0.350 e. The molecular formula is C11H19NO. The standard InChI is InChI=1S/C11H19NO/c1-3-11(13)12-10-8-6-4-5-7-9(10)2/h3,9-10H,1,4-8H2,2H3,(H,12,13). The van der Waals surface area contributed by atoms with Crippen molar-refractivity contribution in [1.82, 2.24) is 5.32 Å². The van der Waals surface area contributed by atoms with E-state index < -0.39 is 0 Å². The Hall–Kier alpha value is -0.790. The predicted molar refractivity (Wildman–Crippen MR) is 54.4 cm³/mol. The van der Waals surface area contributed by atoms with Gasteiger partial charge in [-0.3, -0.25) is 4.79 Å². The van der Waals surface area contributed by atoms with Crippen LogP contribution in [0.1, 0.15) is 39.0 Å². The molecule has 1 N–H and O–H groups in total. The molecule has 0 aromatic rings. The molecule has 0 aromatic heterocycles. The topological polar surface area (TPSA) is 29.1 Å². The molecule has 1 rings (SSSR count). The highest BCUT2D eigenvalue weighted by molar-refractivity contribution is 5.87. The third kappa shape index (κ3) is 3.21. The lowest BCUT2D eigenvalue weighted by Crippen LogP contribution is -2.37. The molecular weight excluding hydrogens is 162 g/mol. The fourth-order valence-corrected chi connectivity index (χ4v) is 1.95. The molecule has 0 saturated heterocycles. The van der Waals surface area contributed by atoms with Gasteiger partial charge in [-0.15, -0.1) is 0 Å². The maximum Gasteiger partial charge on any atom is 0.243 e. The van der Waals surface area contributed by atoms with Crippen LogP contribution in [-0.4, -0.2) is 11.9 Å². The highest BCUT2D eigenvalue weighted by Crippen LogP contribution is 2.22. The van der Waals surface area contributed by atoms with E-state index in [0.717, 1.165) is 6.42 Å². The summed E-state index contributed by atoms with van der Waals surface area (Å²) in [6, 6.07) is 0.369. The van der Waals surface area contributed by atoms with E-state index in [4.69, 9.17) is 0 Å². The van der Waals surface area contributed by atoms with Gasteiger partial charge in [-0.05, 0) is 24.8 Å². The zero-order chi connectivity index (χ0) is 9.68.